The van der Waals surface area contributed by atoms with Gasteiger partial charge in [0.15, 0.2) is 0 Å². The normalized spacial score (nSPS) is 13.8. The fraction of sp³-hybridized carbons (Fsp3) is 0.167. The minimum atomic E-state index is -1.24. The second-order valence-corrected chi connectivity index (χ2v) is 5.37. The van der Waals surface area contributed by atoms with Crippen LogP contribution in [0.1, 0.15) is 29.4 Å². The Morgan fingerprint density at radius 1 is 1.14 bits per heavy atom. The summed E-state index contributed by atoms with van der Waals surface area (Å²) in [7, 11) is 0. The molecule has 0 bridgehead atoms. The molecule has 0 aliphatic carbocycles. The summed E-state index contributed by atoms with van der Waals surface area (Å²) < 4.78 is 5.86. The van der Waals surface area contributed by atoms with Gasteiger partial charge in [0.1, 0.15) is 16.9 Å². The molecule has 0 spiro atoms. The number of furan rings is 1. The highest BCUT2D eigenvalue weighted by Crippen LogP contribution is 2.34. The van der Waals surface area contributed by atoms with E-state index >= 15 is 0 Å². The van der Waals surface area contributed by atoms with Gasteiger partial charge in [0.05, 0.1) is 11.6 Å². The first-order chi connectivity index (χ1) is 10.0. The third-order valence-corrected chi connectivity index (χ3v) is 3.80. The highest BCUT2D eigenvalue weighted by atomic mass is 16.4. The number of rotatable bonds is 2. The van der Waals surface area contributed by atoms with Gasteiger partial charge in [-0.15, -0.1) is 0 Å². The number of aryl methyl sites for hydroxylation is 1. The van der Waals surface area contributed by atoms with Crippen molar-refractivity contribution in [1.82, 2.24) is 0 Å². The van der Waals surface area contributed by atoms with Gasteiger partial charge in [0.25, 0.3) is 0 Å². The van der Waals surface area contributed by atoms with E-state index in [1.54, 1.807) is 31.2 Å². The number of aliphatic hydroxyl groups is 1. The quantitative estimate of drug-likeness (QED) is 0.773. The van der Waals surface area contributed by atoms with Gasteiger partial charge in [-0.05, 0) is 43.2 Å². The first-order valence-corrected chi connectivity index (χ1v) is 6.75. The molecular weight excluding hydrogens is 262 g/mol. The van der Waals surface area contributed by atoms with Crippen molar-refractivity contribution in [3.8, 4) is 6.07 Å². The van der Waals surface area contributed by atoms with Gasteiger partial charge < -0.3 is 9.52 Å². The summed E-state index contributed by atoms with van der Waals surface area (Å²) in [6, 6.07) is 16.7. The summed E-state index contributed by atoms with van der Waals surface area (Å²) in [5.74, 6) is 0.497. The summed E-state index contributed by atoms with van der Waals surface area (Å²) >= 11 is 0. The molecule has 0 aliphatic rings. The Bertz CT molecular complexity index is 836. The SMILES string of the molecule is Cc1cccc2cc(C(C)(O)c3ccc(C#N)cc3)oc12. The van der Waals surface area contributed by atoms with Crippen LogP contribution in [0.3, 0.4) is 0 Å². The van der Waals surface area contributed by atoms with Gasteiger partial charge in [0, 0.05) is 5.39 Å². The highest BCUT2D eigenvalue weighted by molar-refractivity contribution is 5.81. The van der Waals surface area contributed by atoms with Crippen LogP contribution in [0.5, 0.6) is 0 Å². The molecule has 3 aromatic rings. The molecule has 3 rings (SSSR count). The van der Waals surface area contributed by atoms with Gasteiger partial charge in [0.2, 0.25) is 0 Å². The molecule has 0 saturated carbocycles. The largest absolute Gasteiger partial charge is 0.457 e. The fourth-order valence-electron chi connectivity index (χ4n) is 2.46. The molecule has 2 aromatic carbocycles. The minimum Gasteiger partial charge on any atom is -0.457 e. The van der Waals surface area contributed by atoms with E-state index in [1.807, 2.05) is 31.2 Å². The molecule has 1 atom stereocenters. The van der Waals surface area contributed by atoms with Crippen molar-refractivity contribution < 1.29 is 9.52 Å². The molecule has 0 fully saturated rings. The first kappa shape index (κ1) is 13.4. The van der Waals surface area contributed by atoms with E-state index in [2.05, 4.69) is 6.07 Å². The summed E-state index contributed by atoms with van der Waals surface area (Å²) in [6.45, 7) is 3.67. The van der Waals surface area contributed by atoms with Crippen molar-refractivity contribution in [2.75, 3.05) is 0 Å². The number of fused-ring (bicyclic) bond motifs is 1. The Morgan fingerprint density at radius 2 is 1.86 bits per heavy atom. The molecule has 104 valence electrons. The molecule has 3 heteroatoms. The molecule has 1 unspecified atom stereocenters. The van der Waals surface area contributed by atoms with Crippen LogP contribution in [0.4, 0.5) is 0 Å². The smallest absolute Gasteiger partial charge is 0.144 e. The van der Waals surface area contributed by atoms with E-state index in [-0.39, 0.29) is 0 Å². The lowest BCUT2D eigenvalue weighted by Gasteiger charge is -2.21. The summed E-state index contributed by atoms with van der Waals surface area (Å²) in [5.41, 5.74) is 1.85. The average molecular weight is 277 g/mol. The zero-order valence-corrected chi connectivity index (χ0v) is 11.9. The predicted octanol–water partition coefficient (Wildman–Crippen LogP) is 3.87. The molecule has 21 heavy (non-hydrogen) atoms. The third-order valence-electron chi connectivity index (χ3n) is 3.80. The van der Waals surface area contributed by atoms with E-state index in [4.69, 9.17) is 9.68 Å². The highest BCUT2D eigenvalue weighted by Gasteiger charge is 2.29. The Morgan fingerprint density at radius 3 is 2.48 bits per heavy atom. The standard InChI is InChI=1S/C18H15NO2/c1-12-4-3-5-14-10-16(21-17(12)14)18(2,20)15-8-6-13(11-19)7-9-15/h3-10,20H,1-2H3. The molecule has 3 nitrogen and oxygen atoms in total. The maximum atomic E-state index is 10.8. The summed E-state index contributed by atoms with van der Waals surface area (Å²) in [6.07, 6.45) is 0. The van der Waals surface area contributed by atoms with Crippen molar-refractivity contribution in [3.05, 3.63) is 71.0 Å². The average Bonchev–Trinajstić information content (AvgIpc) is 2.94. The predicted molar refractivity (Wildman–Crippen MR) is 80.8 cm³/mol. The van der Waals surface area contributed by atoms with Crippen molar-refractivity contribution in [2.45, 2.75) is 19.4 Å². The Labute approximate surface area is 123 Å². The van der Waals surface area contributed by atoms with Crippen molar-refractivity contribution in [3.63, 3.8) is 0 Å². The fourth-order valence-corrected chi connectivity index (χ4v) is 2.46. The Hall–Kier alpha value is -2.57. The number of nitrogens with zero attached hydrogens (tertiary/aromatic N) is 1. The monoisotopic (exact) mass is 277 g/mol. The van der Waals surface area contributed by atoms with Crippen LogP contribution in [0.25, 0.3) is 11.0 Å². The summed E-state index contributed by atoms with van der Waals surface area (Å²) in [4.78, 5) is 0. The van der Waals surface area contributed by atoms with Crippen molar-refractivity contribution in [2.24, 2.45) is 0 Å². The molecular formula is C18H15NO2. The molecule has 0 aliphatic heterocycles. The van der Waals surface area contributed by atoms with E-state index in [0.717, 1.165) is 16.5 Å². The Balaban J connectivity index is 2.10. The van der Waals surface area contributed by atoms with Gasteiger partial charge in [-0.2, -0.15) is 5.26 Å². The molecule has 0 saturated heterocycles. The van der Waals surface area contributed by atoms with E-state index in [9.17, 15) is 5.11 Å². The van der Waals surface area contributed by atoms with Crippen molar-refractivity contribution in [1.29, 1.82) is 5.26 Å². The van der Waals surface area contributed by atoms with Crippen LogP contribution in [0.15, 0.2) is 52.9 Å². The van der Waals surface area contributed by atoms with Crippen molar-refractivity contribution >= 4 is 11.0 Å². The van der Waals surface area contributed by atoms with Crippen LogP contribution < -0.4 is 0 Å². The number of hydrogen-bond donors (Lipinski definition) is 1. The number of benzene rings is 2. The van der Waals surface area contributed by atoms with E-state index in [1.165, 1.54) is 0 Å². The molecule has 1 N–H and O–H groups in total. The molecule has 1 aromatic heterocycles. The second kappa shape index (κ2) is 4.76. The lowest BCUT2D eigenvalue weighted by molar-refractivity contribution is 0.0786. The number of hydrogen-bond acceptors (Lipinski definition) is 3. The van der Waals surface area contributed by atoms with Gasteiger partial charge in [-0.3, -0.25) is 0 Å². The zero-order chi connectivity index (χ0) is 15.0. The molecule has 1 heterocycles. The number of para-hydroxylation sites is 1. The summed E-state index contributed by atoms with van der Waals surface area (Å²) in [5, 5.41) is 20.7. The minimum absolute atomic E-state index is 0.497. The van der Waals surface area contributed by atoms with E-state index in [0.29, 0.717) is 16.9 Å². The van der Waals surface area contributed by atoms with Gasteiger partial charge in [-0.1, -0.05) is 30.3 Å². The van der Waals surface area contributed by atoms with E-state index < -0.39 is 5.60 Å². The first-order valence-electron chi connectivity index (χ1n) is 6.75. The van der Waals surface area contributed by atoms with Gasteiger partial charge >= 0.3 is 0 Å². The topological polar surface area (TPSA) is 57.2 Å². The van der Waals surface area contributed by atoms with Gasteiger partial charge in [-0.25, -0.2) is 0 Å². The van der Waals surface area contributed by atoms with Crippen LogP contribution in [-0.2, 0) is 5.60 Å². The maximum absolute atomic E-state index is 10.8. The lowest BCUT2D eigenvalue weighted by Crippen LogP contribution is -2.21. The third kappa shape index (κ3) is 2.20. The van der Waals surface area contributed by atoms with Crippen LogP contribution in [0.2, 0.25) is 0 Å². The Kier molecular flexibility index (Phi) is 3.04. The second-order valence-electron chi connectivity index (χ2n) is 5.37. The van der Waals surface area contributed by atoms with Crippen LogP contribution in [-0.4, -0.2) is 5.11 Å². The zero-order valence-electron chi connectivity index (χ0n) is 11.9. The van der Waals surface area contributed by atoms with Crippen LogP contribution >= 0.6 is 0 Å². The molecule has 0 amide bonds. The molecule has 0 radical (unpaired) electrons. The maximum Gasteiger partial charge on any atom is 0.144 e. The van der Waals surface area contributed by atoms with Crippen LogP contribution in [0, 0.1) is 18.3 Å². The number of nitriles is 1. The lowest BCUT2D eigenvalue weighted by atomic mass is 9.92.